The molecule has 0 radical (unpaired) electrons. The molecule has 7 nitrogen and oxygen atoms in total. The second-order valence-corrected chi connectivity index (χ2v) is 5.97. The number of nitrogens with zero attached hydrogens (tertiary/aromatic N) is 2. The average molecular weight is 364 g/mol. The van der Waals surface area contributed by atoms with Crippen LogP contribution in [0.25, 0.3) is 0 Å². The first-order valence-corrected chi connectivity index (χ1v) is 8.39. The molecular formula is C20H16N2O5. The first kappa shape index (κ1) is 16.8. The molecule has 1 amide bonds. The molecule has 27 heavy (non-hydrogen) atoms. The van der Waals surface area contributed by atoms with Crippen molar-refractivity contribution in [2.24, 2.45) is 5.10 Å². The molecule has 3 aromatic rings. The maximum absolute atomic E-state index is 12.7. The zero-order chi connectivity index (χ0) is 18.6. The Bertz CT molecular complexity index is 943. The number of hydrazone groups is 1. The highest BCUT2D eigenvalue weighted by molar-refractivity contribution is 6.01. The topological polar surface area (TPSA) is 85.3 Å². The molecule has 136 valence electrons. The van der Waals surface area contributed by atoms with E-state index in [0.29, 0.717) is 35.0 Å². The molecule has 0 N–H and O–H groups in total. The first-order chi connectivity index (χ1) is 13.2. The Balaban J connectivity index is 1.50. The van der Waals surface area contributed by atoms with Gasteiger partial charge in [-0.3, -0.25) is 9.59 Å². The molecular weight excluding hydrogens is 348 g/mol. The number of furan rings is 2. The van der Waals surface area contributed by atoms with E-state index in [0.717, 1.165) is 6.29 Å². The Kier molecular flexibility index (Phi) is 4.57. The van der Waals surface area contributed by atoms with Crippen molar-refractivity contribution in [3.8, 4) is 5.75 Å². The van der Waals surface area contributed by atoms with Crippen LogP contribution in [-0.2, 0) is 4.79 Å². The summed E-state index contributed by atoms with van der Waals surface area (Å²) in [4.78, 5) is 23.4. The van der Waals surface area contributed by atoms with Gasteiger partial charge in [-0.2, -0.15) is 5.10 Å². The molecule has 0 spiro atoms. The van der Waals surface area contributed by atoms with E-state index in [2.05, 4.69) is 5.10 Å². The molecule has 1 aliphatic heterocycles. The van der Waals surface area contributed by atoms with Crippen LogP contribution in [0.3, 0.4) is 0 Å². The minimum Gasteiger partial charge on any atom is -0.484 e. The third-order valence-electron chi connectivity index (χ3n) is 4.22. The van der Waals surface area contributed by atoms with Crippen LogP contribution in [0, 0.1) is 0 Å². The van der Waals surface area contributed by atoms with Crippen molar-refractivity contribution in [3.05, 3.63) is 78.1 Å². The van der Waals surface area contributed by atoms with Gasteiger partial charge in [-0.1, -0.05) is 0 Å². The molecule has 0 saturated carbocycles. The lowest BCUT2D eigenvalue weighted by molar-refractivity contribution is -0.135. The van der Waals surface area contributed by atoms with Gasteiger partial charge in [-0.15, -0.1) is 0 Å². The Hall–Kier alpha value is -3.61. The largest absolute Gasteiger partial charge is 0.484 e. The van der Waals surface area contributed by atoms with E-state index in [4.69, 9.17) is 13.6 Å². The molecule has 1 unspecified atom stereocenters. The highest BCUT2D eigenvalue weighted by Crippen LogP contribution is 2.33. The molecule has 0 saturated heterocycles. The second kappa shape index (κ2) is 7.33. The molecule has 0 aliphatic carbocycles. The third kappa shape index (κ3) is 3.52. The quantitative estimate of drug-likeness (QED) is 0.626. The van der Waals surface area contributed by atoms with E-state index < -0.39 is 0 Å². The minimum absolute atomic E-state index is 0.188. The molecule has 0 fully saturated rings. The Morgan fingerprint density at radius 1 is 1.15 bits per heavy atom. The lowest BCUT2D eigenvalue weighted by Crippen LogP contribution is -2.31. The number of aldehydes is 1. The van der Waals surface area contributed by atoms with Crippen LogP contribution in [-0.4, -0.2) is 29.5 Å². The molecule has 2 aromatic heterocycles. The summed E-state index contributed by atoms with van der Waals surface area (Å²) in [5.74, 6) is 1.45. The lowest BCUT2D eigenvalue weighted by atomic mass is 10.1. The monoisotopic (exact) mass is 364 g/mol. The van der Waals surface area contributed by atoms with Crippen LogP contribution < -0.4 is 4.74 Å². The molecule has 7 heteroatoms. The van der Waals surface area contributed by atoms with Crippen molar-refractivity contribution >= 4 is 17.9 Å². The van der Waals surface area contributed by atoms with Crippen molar-refractivity contribution < 1.29 is 23.2 Å². The summed E-state index contributed by atoms with van der Waals surface area (Å²) in [5, 5.41) is 5.80. The van der Waals surface area contributed by atoms with E-state index >= 15 is 0 Å². The zero-order valence-electron chi connectivity index (χ0n) is 14.3. The van der Waals surface area contributed by atoms with Gasteiger partial charge in [0, 0.05) is 12.0 Å². The molecule has 1 aromatic carbocycles. The molecule has 3 heterocycles. The lowest BCUT2D eigenvalue weighted by Gasteiger charge is -2.19. The number of rotatable bonds is 6. The number of hydrogen-bond donors (Lipinski definition) is 0. The van der Waals surface area contributed by atoms with Crippen LogP contribution in [0.1, 0.15) is 34.3 Å². The summed E-state index contributed by atoms with van der Waals surface area (Å²) in [6, 6.07) is 13.3. The SMILES string of the molecule is O=Cc1ccc(OCC(=O)N2N=C(c3ccco3)CC2c2ccco2)cc1. The predicted molar refractivity (Wildman–Crippen MR) is 95.5 cm³/mol. The van der Waals surface area contributed by atoms with Gasteiger partial charge in [0.2, 0.25) is 0 Å². The van der Waals surface area contributed by atoms with Gasteiger partial charge in [-0.05, 0) is 48.5 Å². The Morgan fingerprint density at radius 3 is 2.59 bits per heavy atom. The molecule has 1 atom stereocenters. The number of carbonyl (C=O) groups is 2. The molecule has 0 bridgehead atoms. The van der Waals surface area contributed by atoms with E-state index in [9.17, 15) is 9.59 Å². The second-order valence-electron chi connectivity index (χ2n) is 5.97. The highest BCUT2D eigenvalue weighted by Gasteiger charge is 2.35. The van der Waals surface area contributed by atoms with Crippen LogP contribution >= 0.6 is 0 Å². The minimum atomic E-state index is -0.353. The van der Waals surface area contributed by atoms with Crippen molar-refractivity contribution in [1.82, 2.24) is 5.01 Å². The fourth-order valence-corrected chi connectivity index (χ4v) is 2.89. The number of amides is 1. The van der Waals surface area contributed by atoms with Crippen LogP contribution in [0.5, 0.6) is 5.75 Å². The van der Waals surface area contributed by atoms with E-state index in [1.165, 1.54) is 5.01 Å². The van der Waals surface area contributed by atoms with Crippen LogP contribution in [0.2, 0.25) is 0 Å². The average Bonchev–Trinajstić information content (AvgIpc) is 3.46. The summed E-state index contributed by atoms with van der Waals surface area (Å²) in [6.45, 7) is -0.188. The number of carbonyl (C=O) groups excluding carboxylic acids is 2. The van der Waals surface area contributed by atoms with Crippen LogP contribution in [0.4, 0.5) is 0 Å². The van der Waals surface area contributed by atoms with Crippen molar-refractivity contribution in [2.75, 3.05) is 6.61 Å². The standard InChI is InChI=1S/C20H16N2O5/c23-12-14-5-7-15(8-6-14)27-13-20(24)22-17(19-4-2-10-26-19)11-16(21-22)18-3-1-9-25-18/h1-10,12,17H,11,13H2. The third-order valence-corrected chi connectivity index (χ3v) is 4.22. The predicted octanol–water partition coefficient (Wildman–Crippen LogP) is 3.44. The normalized spacial score (nSPS) is 16.2. The Labute approximate surface area is 154 Å². The van der Waals surface area contributed by atoms with Gasteiger partial charge >= 0.3 is 0 Å². The first-order valence-electron chi connectivity index (χ1n) is 8.39. The van der Waals surface area contributed by atoms with Gasteiger partial charge < -0.3 is 13.6 Å². The van der Waals surface area contributed by atoms with Gasteiger partial charge in [0.05, 0.1) is 12.5 Å². The van der Waals surface area contributed by atoms with E-state index in [1.54, 1.807) is 55.0 Å². The number of benzene rings is 1. The summed E-state index contributed by atoms with van der Waals surface area (Å²) in [7, 11) is 0. The zero-order valence-corrected chi connectivity index (χ0v) is 14.3. The summed E-state index contributed by atoms with van der Waals surface area (Å²) in [6.07, 6.45) is 4.36. The van der Waals surface area contributed by atoms with Gasteiger partial charge in [0.1, 0.15) is 35.3 Å². The van der Waals surface area contributed by atoms with Crippen LogP contribution in [0.15, 0.2) is 75.0 Å². The van der Waals surface area contributed by atoms with Crippen molar-refractivity contribution in [1.29, 1.82) is 0 Å². The number of hydrogen-bond acceptors (Lipinski definition) is 6. The number of ether oxygens (including phenoxy) is 1. The fourth-order valence-electron chi connectivity index (χ4n) is 2.89. The van der Waals surface area contributed by atoms with Gasteiger partial charge in [0.25, 0.3) is 5.91 Å². The van der Waals surface area contributed by atoms with E-state index in [-0.39, 0.29) is 18.6 Å². The van der Waals surface area contributed by atoms with Crippen molar-refractivity contribution in [2.45, 2.75) is 12.5 Å². The molecule has 1 aliphatic rings. The van der Waals surface area contributed by atoms with Crippen molar-refractivity contribution in [3.63, 3.8) is 0 Å². The molecule has 4 rings (SSSR count). The summed E-state index contributed by atoms with van der Waals surface area (Å²) >= 11 is 0. The fraction of sp³-hybridized carbons (Fsp3) is 0.150. The van der Waals surface area contributed by atoms with Gasteiger partial charge in [0.15, 0.2) is 6.61 Å². The Morgan fingerprint density at radius 2 is 1.93 bits per heavy atom. The van der Waals surface area contributed by atoms with E-state index in [1.807, 2.05) is 6.07 Å². The summed E-state index contributed by atoms with van der Waals surface area (Å²) in [5.41, 5.74) is 1.21. The maximum atomic E-state index is 12.7. The smallest absolute Gasteiger partial charge is 0.281 e. The highest BCUT2D eigenvalue weighted by atomic mass is 16.5. The maximum Gasteiger partial charge on any atom is 0.281 e. The van der Waals surface area contributed by atoms with Gasteiger partial charge in [-0.25, -0.2) is 5.01 Å². The summed E-state index contributed by atoms with van der Waals surface area (Å²) < 4.78 is 16.4.